The van der Waals surface area contributed by atoms with Gasteiger partial charge in [0.15, 0.2) is 5.82 Å². The Kier molecular flexibility index (Phi) is 3.99. The standard InChI is InChI=1S/C11H6BrFN4O3/c12-9-4-15-10(5-14-9)16-11(18)7-3-6(17(19)20)1-2-8(7)13/h1-5H,(H,15,16,18). The van der Waals surface area contributed by atoms with Gasteiger partial charge in [-0.2, -0.15) is 0 Å². The Morgan fingerprint density at radius 1 is 1.35 bits per heavy atom. The van der Waals surface area contributed by atoms with Crippen molar-refractivity contribution in [2.75, 3.05) is 5.32 Å². The van der Waals surface area contributed by atoms with Gasteiger partial charge in [-0.25, -0.2) is 14.4 Å². The minimum Gasteiger partial charge on any atom is -0.305 e. The van der Waals surface area contributed by atoms with Gasteiger partial charge in [0.05, 0.1) is 22.9 Å². The number of anilines is 1. The molecule has 0 aliphatic heterocycles. The zero-order valence-corrected chi connectivity index (χ0v) is 11.3. The largest absolute Gasteiger partial charge is 0.305 e. The van der Waals surface area contributed by atoms with Gasteiger partial charge >= 0.3 is 0 Å². The average molecular weight is 341 g/mol. The van der Waals surface area contributed by atoms with Crippen LogP contribution in [0.1, 0.15) is 10.4 Å². The van der Waals surface area contributed by atoms with Crippen molar-refractivity contribution < 1.29 is 14.1 Å². The van der Waals surface area contributed by atoms with E-state index in [4.69, 9.17) is 0 Å². The van der Waals surface area contributed by atoms with Gasteiger partial charge in [0.25, 0.3) is 11.6 Å². The number of amides is 1. The fraction of sp³-hybridized carbons (Fsp3) is 0. The summed E-state index contributed by atoms with van der Waals surface area (Å²) >= 11 is 3.07. The van der Waals surface area contributed by atoms with E-state index in [1.807, 2.05) is 0 Å². The van der Waals surface area contributed by atoms with Crippen LogP contribution < -0.4 is 5.32 Å². The van der Waals surface area contributed by atoms with Gasteiger partial charge in [0.2, 0.25) is 0 Å². The number of carbonyl (C=O) groups excluding carboxylic acids is 1. The van der Waals surface area contributed by atoms with E-state index in [9.17, 15) is 19.3 Å². The number of nitro groups is 1. The van der Waals surface area contributed by atoms with Crippen LogP contribution in [0.3, 0.4) is 0 Å². The maximum atomic E-state index is 13.5. The van der Waals surface area contributed by atoms with Gasteiger partial charge in [-0.05, 0) is 22.0 Å². The molecule has 0 bridgehead atoms. The minimum atomic E-state index is -0.863. The molecular weight excluding hydrogens is 335 g/mol. The highest BCUT2D eigenvalue weighted by Crippen LogP contribution is 2.18. The van der Waals surface area contributed by atoms with Crippen LogP contribution >= 0.6 is 15.9 Å². The van der Waals surface area contributed by atoms with Crippen molar-refractivity contribution in [3.8, 4) is 0 Å². The van der Waals surface area contributed by atoms with E-state index < -0.39 is 22.2 Å². The zero-order chi connectivity index (χ0) is 14.7. The lowest BCUT2D eigenvalue weighted by Crippen LogP contribution is -2.15. The molecule has 2 aromatic rings. The van der Waals surface area contributed by atoms with Crippen molar-refractivity contribution in [2.24, 2.45) is 0 Å². The molecule has 7 nitrogen and oxygen atoms in total. The van der Waals surface area contributed by atoms with Crippen molar-refractivity contribution >= 4 is 33.3 Å². The van der Waals surface area contributed by atoms with Crippen LogP contribution in [0.4, 0.5) is 15.9 Å². The Morgan fingerprint density at radius 2 is 2.10 bits per heavy atom. The number of hydrogen-bond donors (Lipinski definition) is 1. The molecule has 0 atom stereocenters. The highest BCUT2D eigenvalue weighted by Gasteiger charge is 2.17. The van der Waals surface area contributed by atoms with E-state index in [0.717, 1.165) is 18.2 Å². The number of benzene rings is 1. The SMILES string of the molecule is O=C(Nc1cnc(Br)cn1)c1cc([N+](=O)[O-])ccc1F. The second-order valence-electron chi connectivity index (χ2n) is 3.60. The van der Waals surface area contributed by atoms with Crippen LogP contribution in [0.2, 0.25) is 0 Å². The first-order valence-electron chi connectivity index (χ1n) is 5.20. The van der Waals surface area contributed by atoms with Crippen LogP contribution in [0.5, 0.6) is 0 Å². The van der Waals surface area contributed by atoms with E-state index >= 15 is 0 Å². The minimum absolute atomic E-state index is 0.101. The Labute approximate surface area is 120 Å². The number of nitrogens with one attached hydrogen (secondary N) is 1. The lowest BCUT2D eigenvalue weighted by molar-refractivity contribution is -0.384. The number of nitrogens with zero attached hydrogens (tertiary/aromatic N) is 3. The molecule has 0 aliphatic carbocycles. The molecule has 2 rings (SSSR count). The van der Waals surface area contributed by atoms with E-state index in [0.29, 0.717) is 4.60 Å². The fourth-order valence-corrected chi connectivity index (χ4v) is 1.57. The summed E-state index contributed by atoms with van der Waals surface area (Å²) < 4.78 is 14.0. The van der Waals surface area contributed by atoms with Gasteiger partial charge < -0.3 is 5.32 Å². The molecule has 1 N–H and O–H groups in total. The Bertz CT molecular complexity index is 678. The number of halogens is 2. The molecule has 0 aliphatic rings. The van der Waals surface area contributed by atoms with Gasteiger partial charge in [0.1, 0.15) is 10.4 Å². The van der Waals surface area contributed by atoms with E-state index in [-0.39, 0.29) is 11.5 Å². The van der Waals surface area contributed by atoms with Crippen LogP contribution in [0.25, 0.3) is 0 Å². The summed E-state index contributed by atoms with van der Waals surface area (Å²) in [5.74, 6) is -1.61. The van der Waals surface area contributed by atoms with Crippen LogP contribution in [-0.2, 0) is 0 Å². The van der Waals surface area contributed by atoms with Gasteiger partial charge in [-0.15, -0.1) is 0 Å². The summed E-state index contributed by atoms with van der Waals surface area (Å²) in [4.78, 5) is 29.4. The monoisotopic (exact) mass is 340 g/mol. The van der Waals surface area contributed by atoms with E-state index in [1.165, 1.54) is 12.4 Å². The predicted octanol–water partition coefficient (Wildman–Crippen LogP) is 2.54. The van der Waals surface area contributed by atoms with E-state index in [2.05, 4.69) is 31.2 Å². The summed E-state index contributed by atoms with van der Waals surface area (Å²) in [6, 6.07) is 2.70. The second-order valence-corrected chi connectivity index (χ2v) is 4.41. The first-order valence-corrected chi connectivity index (χ1v) is 5.99. The third-order valence-corrected chi connectivity index (χ3v) is 2.68. The number of aromatic nitrogens is 2. The third kappa shape index (κ3) is 3.12. The van der Waals surface area contributed by atoms with Crippen LogP contribution in [0, 0.1) is 15.9 Å². The molecule has 0 saturated heterocycles. The summed E-state index contributed by atoms with van der Waals surface area (Å²) in [7, 11) is 0. The molecule has 0 spiro atoms. The highest BCUT2D eigenvalue weighted by molar-refractivity contribution is 9.10. The summed E-state index contributed by atoms with van der Waals surface area (Å²) in [5.41, 5.74) is -0.817. The molecule has 1 aromatic carbocycles. The Morgan fingerprint density at radius 3 is 2.70 bits per heavy atom. The smallest absolute Gasteiger partial charge is 0.270 e. The van der Waals surface area contributed by atoms with Crippen LogP contribution in [-0.4, -0.2) is 20.8 Å². The zero-order valence-electron chi connectivity index (χ0n) is 9.71. The first-order chi connectivity index (χ1) is 9.47. The molecule has 0 saturated carbocycles. The average Bonchev–Trinajstić information content (AvgIpc) is 2.41. The lowest BCUT2D eigenvalue weighted by atomic mass is 10.1. The number of nitro benzene ring substituents is 1. The summed E-state index contributed by atoms with van der Waals surface area (Å²) in [6.45, 7) is 0. The summed E-state index contributed by atoms with van der Waals surface area (Å²) in [5, 5.41) is 12.9. The van der Waals surface area contributed by atoms with Gasteiger partial charge in [-0.3, -0.25) is 14.9 Å². The molecule has 0 unspecified atom stereocenters. The highest BCUT2D eigenvalue weighted by atomic mass is 79.9. The Balaban J connectivity index is 2.26. The fourth-order valence-electron chi connectivity index (χ4n) is 1.36. The van der Waals surface area contributed by atoms with Crippen molar-refractivity contribution in [3.05, 3.63) is 56.7 Å². The lowest BCUT2D eigenvalue weighted by Gasteiger charge is -2.05. The first kappa shape index (κ1) is 14.0. The van der Waals surface area contributed by atoms with Crippen LogP contribution in [0.15, 0.2) is 35.2 Å². The molecule has 1 heterocycles. The number of hydrogen-bond acceptors (Lipinski definition) is 5. The Hall–Kier alpha value is -2.42. The molecule has 102 valence electrons. The van der Waals surface area contributed by atoms with Crippen molar-refractivity contribution in [3.63, 3.8) is 0 Å². The van der Waals surface area contributed by atoms with Crippen molar-refractivity contribution in [1.82, 2.24) is 9.97 Å². The molecule has 0 fully saturated rings. The maximum Gasteiger partial charge on any atom is 0.270 e. The molecule has 1 amide bonds. The molecule has 9 heteroatoms. The quantitative estimate of drug-likeness (QED) is 0.683. The number of rotatable bonds is 3. The van der Waals surface area contributed by atoms with E-state index in [1.54, 1.807) is 0 Å². The number of non-ortho nitro benzene ring substituents is 1. The molecule has 20 heavy (non-hydrogen) atoms. The molecular formula is C11H6BrFN4O3. The predicted molar refractivity (Wildman–Crippen MR) is 70.7 cm³/mol. The van der Waals surface area contributed by atoms with Crippen molar-refractivity contribution in [2.45, 2.75) is 0 Å². The maximum absolute atomic E-state index is 13.5. The second kappa shape index (κ2) is 5.70. The van der Waals surface area contributed by atoms with Gasteiger partial charge in [-0.1, -0.05) is 0 Å². The third-order valence-electron chi connectivity index (χ3n) is 2.27. The molecule has 0 radical (unpaired) electrons. The van der Waals surface area contributed by atoms with Crippen molar-refractivity contribution in [1.29, 1.82) is 0 Å². The summed E-state index contributed by atoms with van der Waals surface area (Å²) in [6.07, 6.45) is 2.61. The van der Waals surface area contributed by atoms with Gasteiger partial charge in [0, 0.05) is 12.1 Å². The molecule has 1 aromatic heterocycles. The normalized spacial score (nSPS) is 10.1. The number of carbonyl (C=O) groups is 1. The topological polar surface area (TPSA) is 98.0 Å².